The van der Waals surface area contributed by atoms with Gasteiger partial charge in [-0.2, -0.15) is 8.78 Å². The topological polar surface area (TPSA) is 82.0 Å². The Morgan fingerprint density at radius 1 is 1.13 bits per heavy atom. The van der Waals surface area contributed by atoms with Crippen LogP contribution in [0.15, 0.2) is 11.6 Å². The van der Waals surface area contributed by atoms with Gasteiger partial charge < -0.3 is 25.4 Å². The van der Waals surface area contributed by atoms with Gasteiger partial charge in [0.2, 0.25) is 0 Å². The van der Waals surface area contributed by atoms with Crippen LogP contribution in [-0.2, 0) is 4.74 Å². The molecule has 2 rings (SSSR count). The summed E-state index contributed by atoms with van der Waals surface area (Å²) in [6.07, 6.45) is 4.76. The van der Waals surface area contributed by atoms with E-state index >= 15 is 0 Å². The lowest BCUT2D eigenvalue weighted by atomic mass is 9.86. The third kappa shape index (κ3) is 5.46. The zero-order valence-corrected chi connectivity index (χ0v) is 13.2. The van der Waals surface area contributed by atoms with Crippen molar-refractivity contribution in [1.29, 1.82) is 0 Å². The molecule has 0 unspecified atom stereocenters. The fraction of sp³-hybridized carbons (Fsp3) is 0.875. The molecule has 23 heavy (non-hydrogen) atoms. The first-order chi connectivity index (χ1) is 11.0. The van der Waals surface area contributed by atoms with Gasteiger partial charge in [-0.05, 0) is 24.5 Å². The number of halogens is 2. The highest BCUT2D eigenvalue weighted by Crippen LogP contribution is 2.26. The summed E-state index contributed by atoms with van der Waals surface area (Å²) in [6.45, 7) is -2.73. The summed E-state index contributed by atoms with van der Waals surface area (Å²) in [7, 11) is 0. The second kappa shape index (κ2) is 9.03. The Kier molecular flexibility index (Phi) is 7.36. The molecule has 4 atom stereocenters. The van der Waals surface area contributed by atoms with E-state index in [1.807, 2.05) is 0 Å². The van der Waals surface area contributed by atoms with Crippen molar-refractivity contribution in [2.45, 2.75) is 69.5 Å². The minimum absolute atomic E-state index is 0.165. The van der Waals surface area contributed by atoms with E-state index in [1.165, 1.54) is 38.2 Å². The molecule has 0 saturated heterocycles. The molecule has 5 nitrogen and oxygen atoms in total. The summed E-state index contributed by atoms with van der Waals surface area (Å²) in [4.78, 5) is 0. The van der Waals surface area contributed by atoms with Crippen LogP contribution in [0, 0.1) is 5.92 Å². The first kappa shape index (κ1) is 18.7. The maximum absolute atomic E-state index is 12.1. The first-order valence-corrected chi connectivity index (χ1v) is 8.37. The van der Waals surface area contributed by atoms with Crippen molar-refractivity contribution in [3.05, 3.63) is 11.6 Å². The summed E-state index contributed by atoms with van der Waals surface area (Å²) in [5.74, 6) is 0.679. The van der Waals surface area contributed by atoms with E-state index < -0.39 is 37.6 Å². The average Bonchev–Trinajstić information content (AvgIpc) is 2.54. The third-order valence-corrected chi connectivity index (χ3v) is 4.85. The Hall–Kier alpha value is -0.600. The van der Waals surface area contributed by atoms with Crippen molar-refractivity contribution in [3.8, 4) is 0 Å². The molecular weight excluding hydrogens is 308 g/mol. The van der Waals surface area contributed by atoms with Crippen LogP contribution in [0.4, 0.5) is 8.78 Å². The van der Waals surface area contributed by atoms with Crippen molar-refractivity contribution in [2.75, 3.05) is 13.2 Å². The maximum atomic E-state index is 12.1. The summed E-state index contributed by atoms with van der Waals surface area (Å²) in [6, 6.07) is -0.576. The SMILES string of the molecule is O[C@@H]1[C@@H](O)[C@@H](O)C(COC(F)F)=C[C@H]1NCCC1CCCCC1. The Bertz CT molecular complexity index is 388. The van der Waals surface area contributed by atoms with Crippen LogP contribution >= 0.6 is 0 Å². The maximum Gasteiger partial charge on any atom is 0.345 e. The lowest BCUT2D eigenvalue weighted by molar-refractivity contribution is -0.129. The van der Waals surface area contributed by atoms with Crippen LogP contribution in [0.1, 0.15) is 38.5 Å². The molecule has 0 bridgehead atoms. The predicted molar refractivity (Wildman–Crippen MR) is 81.0 cm³/mol. The van der Waals surface area contributed by atoms with Crippen LogP contribution in [0.3, 0.4) is 0 Å². The largest absolute Gasteiger partial charge is 0.388 e. The van der Waals surface area contributed by atoms with Gasteiger partial charge in [-0.25, -0.2) is 0 Å². The fourth-order valence-corrected chi connectivity index (χ4v) is 3.45. The van der Waals surface area contributed by atoms with E-state index in [0.717, 1.165) is 6.42 Å². The molecule has 1 fully saturated rings. The lowest BCUT2D eigenvalue weighted by Gasteiger charge is -2.35. The Morgan fingerprint density at radius 3 is 2.48 bits per heavy atom. The average molecular weight is 335 g/mol. The van der Waals surface area contributed by atoms with E-state index in [2.05, 4.69) is 10.1 Å². The van der Waals surface area contributed by atoms with Crippen molar-refractivity contribution in [3.63, 3.8) is 0 Å². The van der Waals surface area contributed by atoms with Gasteiger partial charge in [0.1, 0.15) is 18.3 Å². The Morgan fingerprint density at radius 2 is 1.83 bits per heavy atom. The second-order valence-electron chi connectivity index (χ2n) is 6.51. The molecule has 0 heterocycles. The fourth-order valence-electron chi connectivity index (χ4n) is 3.45. The van der Waals surface area contributed by atoms with Crippen molar-refractivity contribution < 1.29 is 28.8 Å². The minimum Gasteiger partial charge on any atom is -0.388 e. The number of rotatable bonds is 7. The molecule has 0 radical (unpaired) electrons. The molecule has 0 spiro atoms. The highest BCUT2D eigenvalue weighted by atomic mass is 19.3. The molecule has 0 aliphatic heterocycles. The van der Waals surface area contributed by atoms with E-state index in [1.54, 1.807) is 0 Å². The Balaban J connectivity index is 1.86. The summed E-state index contributed by atoms with van der Waals surface area (Å²) in [5, 5.41) is 32.9. The van der Waals surface area contributed by atoms with Crippen molar-refractivity contribution in [2.24, 2.45) is 5.92 Å². The van der Waals surface area contributed by atoms with Gasteiger partial charge in [0, 0.05) is 0 Å². The van der Waals surface area contributed by atoms with E-state index in [4.69, 9.17) is 0 Å². The third-order valence-electron chi connectivity index (χ3n) is 4.85. The number of aliphatic hydroxyl groups excluding tert-OH is 3. The number of hydrogen-bond donors (Lipinski definition) is 4. The molecule has 4 N–H and O–H groups in total. The molecule has 134 valence electrons. The molecule has 0 aromatic rings. The normalized spacial score (nSPS) is 33.0. The van der Waals surface area contributed by atoms with Crippen LogP contribution in [0.2, 0.25) is 0 Å². The molecule has 0 aromatic heterocycles. The van der Waals surface area contributed by atoms with Gasteiger partial charge in [0.05, 0.1) is 12.6 Å². The van der Waals surface area contributed by atoms with Crippen molar-refractivity contribution in [1.82, 2.24) is 5.32 Å². The van der Waals surface area contributed by atoms with Crippen molar-refractivity contribution >= 4 is 0 Å². The summed E-state index contributed by atoms with van der Waals surface area (Å²) >= 11 is 0. The molecule has 1 saturated carbocycles. The predicted octanol–water partition coefficient (Wildman–Crippen LogP) is 1.18. The zero-order chi connectivity index (χ0) is 16.8. The van der Waals surface area contributed by atoms with Crippen LogP contribution in [0.25, 0.3) is 0 Å². The summed E-state index contributed by atoms with van der Waals surface area (Å²) < 4.78 is 28.5. The van der Waals surface area contributed by atoms with Gasteiger partial charge in [0.15, 0.2) is 0 Å². The van der Waals surface area contributed by atoms with Crippen LogP contribution < -0.4 is 5.32 Å². The van der Waals surface area contributed by atoms with Gasteiger partial charge in [-0.3, -0.25) is 0 Å². The standard InChI is InChI=1S/C16H27F2NO4/c17-16(18)23-9-11-8-12(14(21)15(22)13(11)20)19-7-6-10-4-2-1-3-5-10/h8,10,12-16,19-22H,1-7,9H2/t12-,13+,14+,15+/m1/s1. The highest BCUT2D eigenvalue weighted by Gasteiger charge is 2.37. The molecule has 7 heteroatoms. The molecule has 2 aliphatic carbocycles. The molecule has 0 amide bonds. The van der Waals surface area contributed by atoms with Gasteiger partial charge in [0.25, 0.3) is 0 Å². The number of hydrogen-bond acceptors (Lipinski definition) is 5. The van der Waals surface area contributed by atoms with Crippen LogP contribution in [-0.4, -0.2) is 59.4 Å². The molecule has 2 aliphatic rings. The van der Waals surface area contributed by atoms with E-state index in [0.29, 0.717) is 12.5 Å². The van der Waals surface area contributed by atoms with E-state index in [9.17, 15) is 24.1 Å². The number of alkyl halides is 2. The monoisotopic (exact) mass is 335 g/mol. The number of aliphatic hydroxyl groups is 3. The first-order valence-electron chi connectivity index (χ1n) is 8.37. The highest BCUT2D eigenvalue weighted by molar-refractivity contribution is 5.21. The number of ether oxygens (including phenoxy) is 1. The zero-order valence-electron chi connectivity index (χ0n) is 13.2. The Labute approximate surface area is 135 Å². The van der Waals surface area contributed by atoms with Crippen LogP contribution in [0.5, 0.6) is 0 Å². The summed E-state index contributed by atoms with van der Waals surface area (Å²) in [5.41, 5.74) is 0.165. The number of nitrogens with one attached hydrogen (secondary N) is 1. The van der Waals surface area contributed by atoms with Gasteiger partial charge >= 0.3 is 6.61 Å². The quantitative estimate of drug-likeness (QED) is 0.525. The minimum atomic E-state index is -2.94. The second-order valence-corrected chi connectivity index (χ2v) is 6.51. The smallest absolute Gasteiger partial charge is 0.345 e. The van der Waals surface area contributed by atoms with Gasteiger partial charge in [-0.1, -0.05) is 38.2 Å². The lowest BCUT2D eigenvalue weighted by Crippen LogP contribution is -2.54. The van der Waals surface area contributed by atoms with E-state index in [-0.39, 0.29) is 5.57 Å². The molecule has 0 aromatic carbocycles. The van der Waals surface area contributed by atoms with Gasteiger partial charge in [-0.15, -0.1) is 0 Å². The molecular formula is C16H27F2NO4.